The average Bonchev–Trinajstić information content (AvgIpc) is 3.46. The Bertz CT molecular complexity index is 1220. The molecular formula is C26H27N5. The van der Waals surface area contributed by atoms with Crippen molar-refractivity contribution in [3.05, 3.63) is 72.1 Å². The normalized spacial score (nSPS) is 16.4. The topological polar surface area (TPSA) is 56.0 Å². The number of nitrogens with zero attached hydrogens (tertiary/aromatic N) is 2. The third kappa shape index (κ3) is 3.60. The fourth-order valence-corrected chi connectivity index (χ4v) is 4.80. The molecule has 4 heterocycles. The summed E-state index contributed by atoms with van der Waals surface area (Å²) >= 11 is 0. The molecule has 2 aromatic heterocycles. The Morgan fingerprint density at radius 3 is 2.58 bits per heavy atom. The number of H-pyrrole nitrogens is 1. The minimum Gasteiger partial charge on any atom is -0.384 e. The number of aromatic nitrogens is 2. The first-order chi connectivity index (χ1) is 15.3. The number of fused-ring (bicyclic) bond motifs is 2. The van der Waals surface area contributed by atoms with Crippen LogP contribution < -0.4 is 10.6 Å². The van der Waals surface area contributed by atoms with Gasteiger partial charge in [0, 0.05) is 73.9 Å². The molecular weight excluding hydrogens is 382 g/mol. The van der Waals surface area contributed by atoms with E-state index in [1.807, 2.05) is 6.20 Å². The van der Waals surface area contributed by atoms with E-state index in [1.165, 1.54) is 38.9 Å². The molecule has 3 N–H and O–H groups in total. The summed E-state index contributed by atoms with van der Waals surface area (Å²) in [5, 5.41) is 8.04. The number of benzene rings is 2. The Labute approximate surface area is 182 Å². The second kappa shape index (κ2) is 7.84. The first-order valence-corrected chi connectivity index (χ1v) is 11.2. The molecule has 5 nitrogen and oxygen atoms in total. The third-order valence-corrected chi connectivity index (χ3v) is 6.56. The SMILES string of the molecule is c1cc(-c2cnc3[nH]cc(-c4ccc5c(c4)CCN5)c3c2)ccc1CN1CCNCC1. The van der Waals surface area contributed by atoms with Gasteiger partial charge in [-0.15, -0.1) is 0 Å². The molecule has 156 valence electrons. The number of hydrogen-bond acceptors (Lipinski definition) is 4. The van der Waals surface area contributed by atoms with Gasteiger partial charge in [0.2, 0.25) is 0 Å². The molecule has 0 bridgehead atoms. The van der Waals surface area contributed by atoms with Crippen LogP contribution in [0.15, 0.2) is 60.9 Å². The van der Waals surface area contributed by atoms with Crippen LogP contribution in [0.1, 0.15) is 11.1 Å². The van der Waals surface area contributed by atoms with Gasteiger partial charge >= 0.3 is 0 Å². The number of piperazine rings is 1. The van der Waals surface area contributed by atoms with Crippen molar-refractivity contribution in [1.82, 2.24) is 20.2 Å². The minimum absolute atomic E-state index is 0.938. The van der Waals surface area contributed by atoms with E-state index in [-0.39, 0.29) is 0 Å². The molecule has 2 aromatic carbocycles. The standard InChI is InChI=1S/C26H27N5/c1-3-19(4-2-18(1)17-31-11-9-27-10-12-31)22-14-23-24(16-30-26(23)29-15-22)20-5-6-25-21(13-20)7-8-28-25/h1-6,13-16,27-28H,7-12,17H2,(H,29,30). The molecule has 0 saturated carbocycles. The Kier molecular flexibility index (Phi) is 4.70. The van der Waals surface area contributed by atoms with E-state index in [2.05, 4.69) is 75.2 Å². The lowest BCUT2D eigenvalue weighted by atomic mass is 9.99. The van der Waals surface area contributed by atoms with E-state index >= 15 is 0 Å². The number of rotatable bonds is 4. The van der Waals surface area contributed by atoms with Gasteiger partial charge in [-0.2, -0.15) is 0 Å². The zero-order valence-electron chi connectivity index (χ0n) is 17.6. The second-order valence-corrected chi connectivity index (χ2v) is 8.59. The van der Waals surface area contributed by atoms with E-state index in [0.29, 0.717) is 0 Å². The summed E-state index contributed by atoms with van der Waals surface area (Å²) < 4.78 is 0. The lowest BCUT2D eigenvalue weighted by molar-refractivity contribution is 0.233. The van der Waals surface area contributed by atoms with Crippen LogP contribution >= 0.6 is 0 Å². The lowest BCUT2D eigenvalue weighted by Crippen LogP contribution is -2.42. The van der Waals surface area contributed by atoms with Crippen molar-refractivity contribution in [2.45, 2.75) is 13.0 Å². The van der Waals surface area contributed by atoms with Gasteiger partial charge in [0.25, 0.3) is 0 Å². The quantitative estimate of drug-likeness (QED) is 0.471. The maximum absolute atomic E-state index is 4.71. The fraction of sp³-hybridized carbons (Fsp3) is 0.269. The van der Waals surface area contributed by atoms with Crippen molar-refractivity contribution in [2.24, 2.45) is 0 Å². The molecule has 4 aromatic rings. The lowest BCUT2D eigenvalue weighted by Gasteiger charge is -2.27. The number of hydrogen-bond donors (Lipinski definition) is 3. The van der Waals surface area contributed by atoms with Gasteiger partial charge in [-0.25, -0.2) is 4.98 Å². The van der Waals surface area contributed by atoms with Crippen LogP contribution in [0.25, 0.3) is 33.3 Å². The first-order valence-electron chi connectivity index (χ1n) is 11.2. The Morgan fingerprint density at radius 2 is 1.71 bits per heavy atom. The highest BCUT2D eigenvalue weighted by molar-refractivity contribution is 5.96. The average molecular weight is 410 g/mol. The number of aromatic amines is 1. The highest BCUT2D eigenvalue weighted by Crippen LogP contribution is 2.34. The van der Waals surface area contributed by atoms with Crippen LogP contribution in [0.2, 0.25) is 0 Å². The molecule has 0 atom stereocenters. The van der Waals surface area contributed by atoms with E-state index in [1.54, 1.807) is 0 Å². The van der Waals surface area contributed by atoms with Crippen molar-refractivity contribution in [2.75, 3.05) is 38.0 Å². The van der Waals surface area contributed by atoms with Crippen molar-refractivity contribution >= 4 is 16.7 Å². The van der Waals surface area contributed by atoms with Crippen LogP contribution in [-0.2, 0) is 13.0 Å². The summed E-state index contributed by atoms with van der Waals surface area (Å²) in [7, 11) is 0. The highest BCUT2D eigenvalue weighted by atomic mass is 15.2. The van der Waals surface area contributed by atoms with Crippen molar-refractivity contribution in [1.29, 1.82) is 0 Å². The van der Waals surface area contributed by atoms with Gasteiger partial charge in [0.15, 0.2) is 0 Å². The predicted octanol–water partition coefficient (Wildman–Crippen LogP) is 4.27. The second-order valence-electron chi connectivity index (χ2n) is 8.59. The molecule has 6 rings (SSSR count). The van der Waals surface area contributed by atoms with Crippen molar-refractivity contribution < 1.29 is 0 Å². The fourth-order valence-electron chi connectivity index (χ4n) is 4.80. The molecule has 0 amide bonds. The molecule has 0 aliphatic carbocycles. The summed E-state index contributed by atoms with van der Waals surface area (Å²) in [5.74, 6) is 0. The minimum atomic E-state index is 0.938. The molecule has 2 aliphatic rings. The van der Waals surface area contributed by atoms with Gasteiger partial charge in [-0.3, -0.25) is 4.90 Å². The van der Waals surface area contributed by atoms with Crippen LogP contribution in [0.3, 0.4) is 0 Å². The maximum atomic E-state index is 4.71. The molecule has 0 spiro atoms. The van der Waals surface area contributed by atoms with Crippen LogP contribution in [-0.4, -0.2) is 47.6 Å². The highest BCUT2D eigenvalue weighted by Gasteiger charge is 2.14. The van der Waals surface area contributed by atoms with Crippen LogP contribution in [0.5, 0.6) is 0 Å². The Morgan fingerprint density at radius 1 is 0.871 bits per heavy atom. The van der Waals surface area contributed by atoms with E-state index in [9.17, 15) is 0 Å². The zero-order valence-corrected chi connectivity index (χ0v) is 17.6. The van der Waals surface area contributed by atoms with Crippen LogP contribution in [0.4, 0.5) is 5.69 Å². The summed E-state index contributed by atoms with van der Waals surface area (Å²) in [6.45, 7) is 6.47. The van der Waals surface area contributed by atoms with E-state index in [4.69, 9.17) is 4.98 Å². The van der Waals surface area contributed by atoms with Crippen molar-refractivity contribution in [3.8, 4) is 22.3 Å². The molecule has 5 heteroatoms. The van der Waals surface area contributed by atoms with E-state index < -0.39 is 0 Å². The largest absolute Gasteiger partial charge is 0.384 e. The Hall–Kier alpha value is -3.15. The molecule has 1 saturated heterocycles. The number of pyridine rings is 1. The summed E-state index contributed by atoms with van der Waals surface area (Å²) in [5.41, 5.74) is 9.81. The summed E-state index contributed by atoms with van der Waals surface area (Å²) in [6.07, 6.45) is 5.15. The van der Waals surface area contributed by atoms with Gasteiger partial charge in [-0.05, 0) is 46.9 Å². The number of anilines is 1. The van der Waals surface area contributed by atoms with Gasteiger partial charge in [0.1, 0.15) is 5.65 Å². The molecule has 0 radical (unpaired) electrons. The summed E-state index contributed by atoms with van der Waals surface area (Å²) in [4.78, 5) is 10.6. The van der Waals surface area contributed by atoms with Crippen LogP contribution in [0, 0.1) is 0 Å². The smallest absolute Gasteiger partial charge is 0.137 e. The van der Waals surface area contributed by atoms with Gasteiger partial charge in [-0.1, -0.05) is 30.3 Å². The molecule has 1 fully saturated rings. The third-order valence-electron chi connectivity index (χ3n) is 6.56. The summed E-state index contributed by atoms with van der Waals surface area (Å²) in [6, 6.07) is 18.0. The molecule has 0 unspecified atom stereocenters. The van der Waals surface area contributed by atoms with Gasteiger partial charge in [0.05, 0.1) is 0 Å². The zero-order chi connectivity index (χ0) is 20.6. The van der Waals surface area contributed by atoms with Crippen molar-refractivity contribution in [3.63, 3.8) is 0 Å². The maximum Gasteiger partial charge on any atom is 0.137 e. The predicted molar refractivity (Wildman–Crippen MR) is 127 cm³/mol. The first kappa shape index (κ1) is 18.6. The Balaban J connectivity index is 1.29. The molecule has 31 heavy (non-hydrogen) atoms. The monoisotopic (exact) mass is 409 g/mol. The molecule has 2 aliphatic heterocycles. The van der Waals surface area contributed by atoms with E-state index in [0.717, 1.165) is 56.9 Å². The van der Waals surface area contributed by atoms with Gasteiger partial charge < -0.3 is 15.6 Å². The number of nitrogens with one attached hydrogen (secondary N) is 3.